The maximum atomic E-state index is 3.96. The topological polar surface area (TPSA) is 27.6 Å². The van der Waals surface area contributed by atoms with Crippen LogP contribution in [0.2, 0.25) is 0 Å². The Balaban J connectivity index is 2.60. The highest BCUT2D eigenvalue weighted by molar-refractivity contribution is 5.56. The lowest BCUT2D eigenvalue weighted by Crippen LogP contribution is -2.44. The molecule has 0 spiro atoms. The van der Waals surface area contributed by atoms with Crippen LogP contribution in [-0.2, 0) is 0 Å². The molecule has 1 unspecified atom stereocenters. The molecule has 58 valence electrons. The Kier molecular flexibility index (Phi) is 1.58. The van der Waals surface area contributed by atoms with E-state index in [1.165, 1.54) is 0 Å². The lowest BCUT2D eigenvalue weighted by molar-refractivity contribution is 0.178. The second kappa shape index (κ2) is 2.15. The third-order valence-corrected chi connectivity index (χ3v) is 1.66. The maximum Gasteiger partial charge on any atom is 0.120 e. The lowest BCUT2D eigenvalue weighted by atomic mass is 9.92. The molecule has 1 aliphatic rings. The van der Waals surface area contributed by atoms with Crippen molar-refractivity contribution in [2.75, 3.05) is 7.05 Å². The Morgan fingerprint density at radius 3 is 2.30 bits per heavy atom. The summed E-state index contributed by atoms with van der Waals surface area (Å²) in [6.07, 6.45) is 2.16. The van der Waals surface area contributed by atoms with Gasteiger partial charge in [-0.15, -0.1) is 0 Å². The van der Waals surface area contributed by atoms with Gasteiger partial charge in [-0.1, -0.05) is 20.8 Å². The SMILES string of the molecule is CN1C=NNC1C(C)(C)C. The number of nitrogens with one attached hydrogen (secondary N) is 1. The summed E-state index contributed by atoms with van der Waals surface area (Å²) >= 11 is 0. The van der Waals surface area contributed by atoms with Crippen LogP contribution in [0.4, 0.5) is 0 Å². The molecule has 1 N–H and O–H groups in total. The van der Waals surface area contributed by atoms with Crippen molar-refractivity contribution in [3.05, 3.63) is 0 Å². The van der Waals surface area contributed by atoms with E-state index in [4.69, 9.17) is 0 Å². The Hall–Kier alpha value is -0.730. The minimum Gasteiger partial charge on any atom is -0.342 e. The smallest absolute Gasteiger partial charge is 0.120 e. The highest BCUT2D eigenvalue weighted by atomic mass is 15.5. The van der Waals surface area contributed by atoms with Gasteiger partial charge in [0.2, 0.25) is 0 Å². The van der Waals surface area contributed by atoms with Crippen molar-refractivity contribution >= 4 is 6.34 Å². The molecule has 3 nitrogen and oxygen atoms in total. The molecular formula is C7H15N3. The molecule has 0 aromatic heterocycles. The summed E-state index contributed by atoms with van der Waals surface area (Å²) in [4.78, 5) is 2.08. The van der Waals surface area contributed by atoms with Gasteiger partial charge < -0.3 is 4.90 Å². The number of hydrazone groups is 1. The van der Waals surface area contributed by atoms with Crippen molar-refractivity contribution in [2.45, 2.75) is 26.9 Å². The zero-order chi connectivity index (χ0) is 7.78. The van der Waals surface area contributed by atoms with Crippen molar-refractivity contribution in [1.82, 2.24) is 10.3 Å². The fraction of sp³-hybridized carbons (Fsp3) is 0.857. The molecule has 1 aliphatic heterocycles. The highest BCUT2D eigenvalue weighted by Crippen LogP contribution is 2.22. The molecule has 0 fully saturated rings. The number of rotatable bonds is 0. The third kappa shape index (κ3) is 1.23. The van der Waals surface area contributed by atoms with Gasteiger partial charge in [-0.05, 0) is 0 Å². The third-order valence-electron chi connectivity index (χ3n) is 1.66. The molecule has 0 amide bonds. The first kappa shape index (κ1) is 7.38. The molecule has 1 atom stereocenters. The van der Waals surface area contributed by atoms with Crippen molar-refractivity contribution in [1.29, 1.82) is 0 Å². The summed E-state index contributed by atoms with van der Waals surface area (Å²) in [5, 5.41) is 3.96. The van der Waals surface area contributed by atoms with Gasteiger partial charge >= 0.3 is 0 Å². The zero-order valence-corrected chi connectivity index (χ0v) is 7.05. The molecule has 3 heteroatoms. The molecule has 0 aromatic carbocycles. The van der Waals surface area contributed by atoms with E-state index in [0.29, 0.717) is 6.17 Å². The number of hydrogen-bond acceptors (Lipinski definition) is 3. The molecule has 0 saturated carbocycles. The van der Waals surface area contributed by atoms with Gasteiger partial charge in [0.1, 0.15) is 12.5 Å². The van der Waals surface area contributed by atoms with Crippen LogP contribution in [0.5, 0.6) is 0 Å². The first-order valence-electron chi connectivity index (χ1n) is 3.52. The maximum absolute atomic E-state index is 3.96. The first-order chi connectivity index (χ1) is 4.52. The van der Waals surface area contributed by atoms with E-state index in [0.717, 1.165) is 0 Å². The van der Waals surface area contributed by atoms with Crippen molar-refractivity contribution in [3.63, 3.8) is 0 Å². The highest BCUT2D eigenvalue weighted by Gasteiger charge is 2.29. The molecule has 0 aromatic rings. The minimum atomic E-state index is 0.241. The largest absolute Gasteiger partial charge is 0.342 e. The predicted molar refractivity (Wildman–Crippen MR) is 42.6 cm³/mol. The lowest BCUT2D eigenvalue weighted by Gasteiger charge is -2.31. The molecule has 0 bridgehead atoms. The molecular weight excluding hydrogens is 126 g/mol. The molecule has 1 rings (SSSR count). The van der Waals surface area contributed by atoms with Gasteiger partial charge in [0.25, 0.3) is 0 Å². The number of nitrogens with zero attached hydrogens (tertiary/aromatic N) is 2. The number of hydrogen-bond donors (Lipinski definition) is 1. The van der Waals surface area contributed by atoms with Crippen molar-refractivity contribution < 1.29 is 0 Å². The minimum absolute atomic E-state index is 0.241. The van der Waals surface area contributed by atoms with E-state index >= 15 is 0 Å². The first-order valence-corrected chi connectivity index (χ1v) is 3.52. The predicted octanol–water partition coefficient (Wildman–Crippen LogP) is 0.837. The summed E-state index contributed by atoms with van der Waals surface area (Å²) in [5.74, 6) is 0. The fourth-order valence-electron chi connectivity index (χ4n) is 1.16. The van der Waals surface area contributed by atoms with Crippen LogP contribution >= 0.6 is 0 Å². The Morgan fingerprint density at radius 1 is 1.50 bits per heavy atom. The van der Waals surface area contributed by atoms with Crippen LogP contribution in [0.25, 0.3) is 0 Å². The van der Waals surface area contributed by atoms with Gasteiger partial charge in [-0.25, -0.2) is 0 Å². The van der Waals surface area contributed by atoms with Crippen LogP contribution in [0.15, 0.2) is 5.10 Å². The van der Waals surface area contributed by atoms with Gasteiger partial charge in [-0.2, -0.15) is 5.10 Å². The van der Waals surface area contributed by atoms with Crippen LogP contribution in [0, 0.1) is 5.41 Å². The quantitative estimate of drug-likeness (QED) is 0.541. The van der Waals surface area contributed by atoms with E-state index < -0.39 is 0 Å². The standard InChI is InChI=1S/C7H15N3/c1-7(2,3)6-9-8-5-10(6)4/h5-6,9H,1-4H3. The van der Waals surface area contributed by atoms with E-state index in [-0.39, 0.29) is 5.41 Å². The van der Waals surface area contributed by atoms with Gasteiger partial charge in [0.05, 0.1) is 0 Å². The normalized spacial score (nSPS) is 25.2. The Morgan fingerprint density at radius 2 is 2.10 bits per heavy atom. The monoisotopic (exact) mass is 141 g/mol. The van der Waals surface area contributed by atoms with Crippen LogP contribution in [0.3, 0.4) is 0 Å². The van der Waals surface area contributed by atoms with E-state index in [2.05, 4.69) is 36.2 Å². The zero-order valence-electron chi connectivity index (χ0n) is 7.05. The summed E-state index contributed by atoms with van der Waals surface area (Å²) in [7, 11) is 2.03. The summed E-state index contributed by atoms with van der Waals surface area (Å²) in [5.41, 5.74) is 3.28. The Bertz CT molecular complexity index is 145. The van der Waals surface area contributed by atoms with Crippen molar-refractivity contribution in [3.8, 4) is 0 Å². The van der Waals surface area contributed by atoms with Gasteiger partial charge in [0.15, 0.2) is 0 Å². The Labute approximate surface area is 62.1 Å². The van der Waals surface area contributed by atoms with Crippen LogP contribution < -0.4 is 5.43 Å². The second-order valence-electron chi connectivity index (χ2n) is 3.81. The molecule has 1 heterocycles. The molecule has 10 heavy (non-hydrogen) atoms. The van der Waals surface area contributed by atoms with Crippen LogP contribution in [0.1, 0.15) is 20.8 Å². The average Bonchev–Trinajstić information content (AvgIpc) is 2.11. The van der Waals surface area contributed by atoms with E-state index in [9.17, 15) is 0 Å². The fourth-order valence-corrected chi connectivity index (χ4v) is 1.16. The second-order valence-corrected chi connectivity index (χ2v) is 3.81. The summed E-state index contributed by atoms with van der Waals surface area (Å²) in [6, 6.07) is 0. The van der Waals surface area contributed by atoms with Gasteiger partial charge in [-0.3, -0.25) is 5.43 Å². The molecule has 0 aliphatic carbocycles. The van der Waals surface area contributed by atoms with Crippen LogP contribution in [-0.4, -0.2) is 24.5 Å². The average molecular weight is 141 g/mol. The van der Waals surface area contributed by atoms with E-state index in [1.807, 2.05) is 13.4 Å². The summed E-state index contributed by atoms with van der Waals surface area (Å²) in [6.45, 7) is 6.57. The molecule has 0 radical (unpaired) electrons. The van der Waals surface area contributed by atoms with Gasteiger partial charge in [0, 0.05) is 12.5 Å². The summed E-state index contributed by atoms with van der Waals surface area (Å²) < 4.78 is 0. The molecule has 0 saturated heterocycles. The van der Waals surface area contributed by atoms with E-state index in [1.54, 1.807) is 0 Å². The van der Waals surface area contributed by atoms with Crippen molar-refractivity contribution in [2.24, 2.45) is 10.5 Å².